The maximum Gasteiger partial charge on any atom is 0.286 e. The first-order valence-electron chi connectivity index (χ1n) is 5.12. The first kappa shape index (κ1) is 9.98. The first-order chi connectivity index (χ1) is 6.89. The molecule has 4 saturated heterocycles. The molecule has 0 radical (unpaired) electrons. The van der Waals surface area contributed by atoms with Crippen molar-refractivity contribution in [1.82, 2.24) is 18.4 Å². The van der Waals surface area contributed by atoms with Crippen LogP contribution in [0.2, 0.25) is 0 Å². The lowest BCUT2D eigenvalue weighted by atomic mass is 10.0. The average molecular weight is 232 g/mol. The summed E-state index contributed by atoms with van der Waals surface area (Å²) in [6.45, 7) is 7.41. The molecule has 0 aliphatic carbocycles. The lowest BCUT2D eigenvalue weighted by Gasteiger charge is -2.45. The van der Waals surface area contributed by atoms with Crippen LogP contribution in [0, 0.1) is 0 Å². The van der Waals surface area contributed by atoms with Crippen molar-refractivity contribution in [3.63, 3.8) is 0 Å². The molecular formula is C8H16N4O2S. The minimum atomic E-state index is -3.16. The molecule has 2 atom stereocenters. The topological polar surface area (TPSA) is 47.1 Å². The van der Waals surface area contributed by atoms with E-state index >= 15 is 0 Å². The molecule has 4 aliphatic heterocycles. The Morgan fingerprint density at radius 3 is 2.07 bits per heavy atom. The zero-order valence-corrected chi connectivity index (χ0v) is 9.87. The number of fused-ring (bicyclic) bond motifs is 1. The Labute approximate surface area is 90.2 Å². The molecule has 0 amide bonds. The second-order valence-corrected chi connectivity index (χ2v) is 7.09. The van der Waals surface area contributed by atoms with E-state index in [1.165, 1.54) is 0 Å². The van der Waals surface area contributed by atoms with E-state index in [1.807, 2.05) is 0 Å². The summed E-state index contributed by atoms with van der Waals surface area (Å²) in [5.74, 6) is 0. The van der Waals surface area contributed by atoms with E-state index in [4.69, 9.17) is 0 Å². The second kappa shape index (κ2) is 2.72. The monoisotopic (exact) mass is 232 g/mol. The Bertz CT molecular complexity index is 371. The minimum Gasteiger partial charge on any atom is -0.274 e. The van der Waals surface area contributed by atoms with Crippen LogP contribution in [0.25, 0.3) is 0 Å². The predicted molar refractivity (Wildman–Crippen MR) is 54.7 cm³/mol. The van der Waals surface area contributed by atoms with E-state index < -0.39 is 10.2 Å². The van der Waals surface area contributed by atoms with Crippen LogP contribution in [0.4, 0.5) is 0 Å². The quantitative estimate of drug-likeness (QED) is 0.542. The van der Waals surface area contributed by atoms with Crippen LogP contribution in [0.1, 0.15) is 13.8 Å². The molecule has 0 saturated carbocycles. The Morgan fingerprint density at radius 1 is 1.00 bits per heavy atom. The van der Waals surface area contributed by atoms with Crippen LogP contribution >= 0.6 is 0 Å². The van der Waals surface area contributed by atoms with Crippen LogP contribution in [0.15, 0.2) is 0 Å². The molecular weight excluding hydrogens is 216 g/mol. The molecule has 0 aromatic rings. The SMILES string of the molecule is CC1(C)CN2CN3CN1CN(C2)S3(=O)=O. The van der Waals surface area contributed by atoms with E-state index in [1.54, 1.807) is 8.61 Å². The lowest BCUT2D eigenvalue weighted by Crippen LogP contribution is -2.64. The number of rotatable bonds is 0. The Kier molecular flexibility index (Phi) is 1.81. The fourth-order valence-corrected chi connectivity index (χ4v) is 4.11. The summed E-state index contributed by atoms with van der Waals surface area (Å²) in [5, 5.41) is 0. The van der Waals surface area contributed by atoms with Gasteiger partial charge in [-0.15, -0.1) is 0 Å². The summed E-state index contributed by atoms with van der Waals surface area (Å²) in [4.78, 5) is 4.41. The van der Waals surface area contributed by atoms with Crippen LogP contribution in [0.5, 0.6) is 0 Å². The highest BCUT2D eigenvalue weighted by molar-refractivity contribution is 7.86. The molecule has 0 aromatic heterocycles. The molecule has 4 rings (SSSR count). The third-order valence-electron chi connectivity index (χ3n) is 3.49. The van der Waals surface area contributed by atoms with E-state index in [0.29, 0.717) is 26.7 Å². The van der Waals surface area contributed by atoms with Gasteiger partial charge in [0.15, 0.2) is 0 Å². The van der Waals surface area contributed by atoms with Gasteiger partial charge in [0.05, 0.1) is 26.7 Å². The van der Waals surface area contributed by atoms with Gasteiger partial charge in [0.1, 0.15) is 0 Å². The lowest BCUT2D eigenvalue weighted by molar-refractivity contribution is 0.0303. The molecule has 4 heterocycles. The van der Waals surface area contributed by atoms with Crippen LogP contribution in [-0.4, -0.2) is 65.6 Å². The molecule has 86 valence electrons. The molecule has 2 unspecified atom stereocenters. The van der Waals surface area contributed by atoms with Gasteiger partial charge in [0.2, 0.25) is 0 Å². The van der Waals surface area contributed by atoms with Gasteiger partial charge in [-0.05, 0) is 13.8 Å². The minimum absolute atomic E-state index is 0.0550. The van der Waals surface area contributed by atoms with Gasteiger partial charge in [-0.3, -0.25) is 9.80 Å². The third kappa shape index (κ3) is 1.27. The summed E-state index contributed by atoms with van der Waals surface area (Å²) in [6, 6.07) is 0. The van der Waals surface area contributed by atoms with Crippen molar-refractivity contribution < 1.29 is 8.42 Å². The van der Waals surface area contributed by atoms with Crippen LogP contribution in [0.3, 0.4) is 0 Å². The van der Waals surface area contributed by atoms with Gasteiger partial charge in [0.25, 0.3) is 10.2 Å². The molecule has 15 heavy (non-hydrogen) atoms. The van der Waals surface area contributed by atoms with Gasteiger partial charge in [-0.25, -0.2) is 0 Å². The molecule has 7 heteroatoms. The van der Waals surface area contributed by atoms with Gasteiger partial charge in [0, 0.05) is 12.1 Å². The number of hydrogen-bond acceptors (Lipinski definition) is 4. The average Bonchev–Trinajstić information content (AvgIpc) is 2.21. The number of nitrogens with zero attached hydrogens (tertiary/aromatic N) is 4. The van der Waals surface area contributed by atoms with Crippen molar-refractivity contribution in [2.75, 3.05) is 33.2 Å². The molecule has 0 N–H and O–H groups in total. The van der Waals surface area contributed by atoms with Gasteiger partial charge >= 0.3 is 0 Å². The Balaban J connectivity index is 2.06. The highest BCUT2D eigenvalue weighted by Gasteiger charge is 2.50. The summed E-state index contributed by atoms with van der Waals surface area (Å²) < 4.78 is 26.9. The maximum absolute atomic E-state index is 11.9. The highest BCUT2D eigenvalue weighted by atomic mass is 32.2. The maximum atomic E-state index is 11.9. The highest BCUT2D eigenvalue weighted by Crippen LogP contribution is 2.32. The third-order valence-corrected chi connectivity index (χ3v) is 5.26. The van der Waals surface area contributed by atoms with Crippen LogP contribution < -0.4 is 0 Å². The fourth-order valence-electron chi connectivity index (χ4n) is 2.59. The molecule has 6 nitrogen and oxygen atoms in total. The first-order valence-corrected chi connectivity index (χ1v) is 6.52. The zero-order valence-electron chi connectivity index (χ0n) is 9.05. The molecule has 4 bridgehead atoms. The van der Waals surface area contributed by atoms with Crippen molar-refractivity contribution >= 4 is 10.2 Å². The smallest absolute Gasteiger partial charge is 0.274 e. The standard InChI is InChI=1S/C8H16N4O2S/c1-8(2)3-9-4-11-6-10(8)7-12(5-9)15(11,13)14/h3-7H2,1-2H3. The predicted octanol–water partition coefficient (Wildman–Crippen LogP) is -0.911. The van der Waals surface area contributed by atoms with Crippen molar-refractivity contribution in [2.24, 2.45) is 0 Å². The van der Waals surface area contributed by atoms with Gasteiger partial charge in [-0.2, -0.15) is 17.0 Å². The van der Waals surface area contributed by atoms with E-state index in [9.17, 15) is 8.42 Å². The second-order valence-electron chi connectivity index (χ2n) is 5.16. The summed E-state index contributed by atoms with van der Waals surface area (Å²) in [5.41, 5.74) is 0.0550. The van der Waals surface area contributed by atoms with E-state index in [-0.39, 0.29) is 5.54 Å². The Hall–Kier alpha value is -0.210. The molecule has 0 spiro atoms. The summed E-state index contributed by atoms with van der Waals surface area (Å²) in [7, 11) is -3.16. The molecule has 4 fully saturated rings. The summed E-state index contributed by atoms with van der Waals surface area (Å²) >= 11 is 0. The number of hydrogen-bond donors (Lipinski definition) is 0. The fraction of sp³-hybridized carbons (Fsp3) is 1.00. The van der Waals surface area contributed by atoms with Crippen molar-refractivity contribution in [3.05, 3.63) is 0 Å². The van der Waals surface area contributed by atoms with E-state index in [0.717, 1.165) is 6.54 Å². The normalized spacial score (nSPS) is 50.3. The largest absolute Gasteiger partial charge is 0.286 e. The van der Waals surface area contributed by atoms with Crippen molar-refractivity contribution in [3.8, 4) is 0 Å². The summed E-state index contributed by atoms with van der Waals surface area (Å²) in [6.07, 6.45) is 0. The molecule has 4 aliphatic rings. The molecule has 0 aromatic carbocycles. The van der Waals surface area contributed by atoms with Gasteiger partial charge in [-0.1, -0.05) is 0 Å². The van der Waals surface area contributed by atoms with Gasteiger partial charge < -0.3 is 0 Å². The van der Waals surface area contributed by atoms with Crippen molar-refractivity contribution in [1.29, 1.82) is 0 Å². The van der Waals surface area contributed by atoms with Crippen LogP contribution in [-0.2, 0) is 10.2 Å². The van der Waals surface area contributed by atoms with E-state index in [2.05, 4.69) is 23.6 Å². The zero-order chi connectivity index (χ0) is 10.8. The van der Waals surface area contributed by atoms with Crippen molar-refractivity contribution in [2.45, 2.75) is 19.4 Å². The Morgan fingerprint density at radius 2 is 1.53 bits per heavy atom.